The molecule has 25 heavy (non-hydrogen) atoms. The van der Waals surface area contributed by atoms with E-state index in [0.717, 1.165) is 12.8 Å². The van der Waals surface area contributed by atoms with E-state index in [1.54, 1.807) is 0 Å². The van der Waals surface area contributed by atoms with Crippen molar-refractivity contribution in [2.75, 3.05) is 7.11 Å². The third kappa shape index (κ3) is 10.5. The maximum absolute atomic E-state index is 10.9. The molecule has 1 rings (SSSR count). The van der Waals surface area contributed by atoms with Crippen LogP contribution in [0.1, 0.15) is 64.7 Å². The highest BCUT2D eigenvalue weighted by Gasteiger charge is 2.43. The number of epoxide rings is 1. The molecule has 4 heteroatoms. The maximum atomic E-state index is 10.9. The van der Waals surface area contributed by atoms with Gasteiger partial charge in [-0.05, 0) is 12.8 Å². The summed E-state index contributed by atoms with van der Waals surface area (Å²) in [6.45, 7) is 2.18. The first-order valence-corrected chi connectivity index (χ1v) is 8.99. The molecule has 0 aromatic heterocycles. The molecule has 0 amide bonds. The van der Waals surface area contributed by atoms with Crippen LogP contribution in [0.15, 0.2) is 0 Å². The van der Waals surface area contributed by atoms with Crippen molar-refractivity contribution < 1.29 is 19.4 Å². The Morgan fingerprint density at radius 1 is 1.12 bits per heavy atom. The summed E-state index contributed by atoms with van der Waals surface area (Å²) in [5.74, 6) is 17.5. The summed E-state index contributed by atoms with van der Waals surface area (Å²) in [7, 11) is 1.38. The standard InChI is InChI=1S/C21H28O4/c1-3-4-5-6-10-13-16-19-21(25-19)18(22)15-12-9-7-8-11-14-17-20(23)24-2/h18-19,21-22H,3-6,9,11,14,16-17H2,1-2H3/t18?,19-,21-/m1/s1. The lowest BCUT2D eigenvalue weighted by atomic mass is 10.1. The number of carbonyl (C=O) groups is 1. The van der Waals surface area contributed by atoms with Gasteiger partial charge in [0.05, 0.1) is 19.6 Å². The van der Waals surface area contributed by atoms with Gasteiger partial charge in [-0.3, -0.25) is 4.79 Å². The van der Waals surface area contributed by atoms with Crippen molar-refractivity contribution in [3.05, 3.63) is 0 Å². The summed E-state index contributed by atoms with van der Waals surface area (Å²) in [5.41, 5.74) is 0. The van der Waals surface area contributed by atoms with Crippen molar-refractivity contribution in [1.82, 2.24) is 0 Å². The van der Waals surface area contributed by atoms with Gasteiger partial charge in [0.1, 0.15) is 12.2 Å². The zero-order chi connectivity index (χ0) is 18.3. The summed E-state index contributed by atoms with van der Waals surface area (Å²) in [6.07, 6.45) is 6.32. The van der Waals surface area contributed by atoms with Gasteiger partial charge in [-0.25, -0.2) is 0 Å². The van der Waals surface area contributed by atoms with Crippen molar-refractivity contribution in [3.63, 3.8) is 0 Å². The van der Waals surface area contributed by atoms with Gasteiger partial charge >= 0.3 is 5.97 Å². The van der Waals surface area contributed by atoms with Crippen LogP contribution in [0.4, 0.5) is 0 Å². The summed E-state index contributed by atoms with van der Waals surface area (Å²) in [4.78, 5) is 10.9. The molecule has 0 aliphatic carbocycles. The van der Waals surface area contributed by atoms with Gasteiger partial charge in [-0.1, -0.05) is 37.5 Å². The fourth-order valence-electron chi connectivity index (χ4n) is 2.18. The second-order valence-corrected chi connectivity index (χ2v) is 5.88. The molecule has 1 fully saturated rings. The molecule has 0 aromatic carbocycles. The highest BCUT2D eigenvalue weighted by Crippen LogP contribution is 2.27. The minimum atomic E-state index is -0.770. The quantitative estimate of drug-likeness (QED) is 0.318. The monoisotopic (exact) mass is 344 g/mol. The number of aliphatic hydroxyl groups is 1. The largest absolute Gasteiger partial charge is 0.469 e. The number of ether oxygens (including phenoxy) is 2. The molecular formula is C21H28O4. The zero-order valence-corrected chi connectivity index (χ0v) is 15.3. The van der Waals surface area contributed by atoms with Gasteiger partial charge in [0.25, 0.3) is 0 Å². The highest BCUT2D eigenvalue weighted by atomic mass is 16.6. The summed E-state index contributed by atoms with van der Waals surface area (Å²) in [5, 5.41) is 9.91. The van der Waals surface area contributed by atoms with Crippen LogP contribution < -0.4 is 0 Å². The van der Waals surface area contributed by atoms with Crippen molar-refractivity contribution in [3.8, 4) is 35.5 Å². The van der Waals surface area contributed by atoms with Crippen LogP contribution in [0.2, 0.25) is 0 Å². The lowest BCUT2D eigenvalue weighted by Gasteiger charge is -1.95. The van der Waals surface area contributed by atoms with Crippen LogP contribution in [-0.2, 0) is 14.3 Å². The second-order valence-electron chi connectivity index (χ2n) is 5.88. The van der Waals surface area contributed by atoms with E-state index in [1.807, 2.05) is 0 Å². The first-order valence-electron chi connectivity index (χ1n) is 8.99. The van der Waals surface area contributed by atoms with Crippen LogP contribution in [-0.4, -0.2) is 36.5 Å². The summed E-state index contributed by atoms with van der Waals surface area (Å²) in [6, 6.07) is 0. The average Bonchev–Trinajstić information content (AvgIpc) is 3.39. The van der Waals surface area contributed by atoms with Crippen LogP contribution in [0.5, 0.6) is 0 Å². The molecule has 3 atom stereocenters. The topological polar surface area (TPSA) is 59.1 Å². The van der Waals surface area contributed by atoms with Crippen LogP contribution in [0, 0.1) is 35.5 Å². The summed E-state index contributed by atoms with van der Waals surface area (Å²) >= 11 is 0. The Morgan fingerprint density at radius 3 is 2.64 bits per heavy atom. The lowest BCUT2D eigenvalue weighted by Crippen LogP contribution is -2.14. The number of unbranched alkanes of at least 4 members (excludes halogenated alkanes) is 4. The lowest BCUT2D eigenvalue weighted by molar-refractivity contribution is -0.140. The number of carbonyl (C=O) groups excluding carboxylic acids is 1. The van der Waals surface area contributed by atoms with E-state index in [-0.39, 0.29) is 18.2 Å². The van der Waals surface area contributed by atoms with Gasteiger partial charge in [0, 0.05) is 25.7 Å². The molecular weight excluding hydrogens is 316 g/mol. The molecule has 1 aliphatic rings. The Hall–Kier alpha value is -1.93. The van der Waals surface area contributed by atoms with E-state index in [4.69, 9.17) is 4.74 Å². The fraction of sp³-hybridized carbons (Fsp3) is 0.667. The maximum Gasteiger partial charge on any atom is 0.305 e. The van der Waals surface area contributed by atoms with E-state index >= 15 is 0 Å². The summed E-state index contributed by atoms with van der Waals surface area (Å²) < 4.78 is 9.96. The number of esters is 1. The molecule has 1 N–H and O–H groups in total. The van der Waals surface area contributed by atoms with E-state index in [1.165, 1.54) is 20.0 Å². The minimum Gasteiger partial charge on any atom is -0.469 e. The molecule has 0 radical (unpaired) electrons. The molecule has 0 spiro atoms. The van der Waals surface area contributed by atoms with Crippen LogP contribution in [0.3, 0.4) is 0 Å². The number of methoxy groups -OCH3 is 1. The normalized spacial score (nSPS) is 18.5. The minimum absolute atomic E-state index is 0.00683. The number of hydrogen-bond acceptors (Lipinski definition) is 4. The van der Waals surface area contributed by atoms with Crippen LogP contribution in [0.25, 0.3) is 0 Å². The smallest absolute Gasteiger partial charge is 0.305 e. The SMILES string of the molecule is CCCCCC#CC[C@H]1O[C@@H]1C(O)C#CCC#CCCCC(=O)OC. The Kier molecular flexibility index (Phi) is 11.3. The van der Waals surface area contributed by atoms with Gasteiger partial charge in [0.2, 0.25) is 0 Å². The Labute approximate surface area is 151 Å². The first kappa shape index (κ1) is 21.1. The van der Waals surface area contributed by atoms with Crippen LogP contribution >= 0.6 is 0 Å². The molecule has 1 aliphatic heterocycles. The molecule has 0 aromatic rings. The van der Waals surface area contributed by atoms with Crippen molar-refractivity contribution >= 4 is 5.97 Å². The number of hydrogen-bond donors (Lipinski definition) is 1. The Morgan fingerprint density at radius 2 is 1.88 bits per heavy atom. The average molecular weight is 344 g/mol. The fourth-order valence-corrected chi connectivity index (χ4v) is 2.18. The Bertz CT molecular complexity index is 576. The van der Waals surface area contributed by atoms with Gasteiger partial charge < -0.3 is 14.6 Å². The predicted molar refractivity (Wildman–Crippen MR) is 97.2 cm³/mol. The molecule has 1 heterocycles. The molecule has 1 unspecified atom stereocenters. The Balaban J connectivity index is 2.11. The zero-order valence-electron chi connectivity index (χ0n) is 15.3. The second kappa shape index (κ2) is 13.4. The van der Waals surface area contributed by atoms with Crippen molar-refractivity contribution in [2.24, 2.45) is 0 Å². The number of rotatable bonds is 8. The number of aliphatic hydroxyl groups excluding tert-OH is 1. The van der Waals surface area contributed by atoms with E-state index < -0.39 is 6.10 Å². The molecule has 136 valence electrons. The van der Waals surface area contributed by atoms with E-state index in [9.17, 15) is 9.90 Å². The van der Waals surface area contributed by atoms with Gasteiger partial charge in [-0.15, -0.1) is 17.8 Å². The van der Waals surface area contributed by atoms with E-state index in [0.29, 0.717) is 32.1 Å². The van der Waals surface area contributed by atoms with Crippen molar-refractivity contribution in [2.45, 2.75) is 83.0 Å². The van der Waals surface area contributed by atoms with Gasteiger partial charge in [-0.2, -0.15) is 0 Å². The predicted octanol–water partition coefficient (Wildman–Crippen LogP) is 2.83. The van der Waals surface area contributed by atoms with Gasteiger partial charge in [0.15, 0.2) is 0 Å². The van der Waals surface area contributed by atoms with Crippen molar-refractivity contribution in [1.29, 1.82) is 0 Å². The molecule has 0 bridgehead atoms. The third-order valence-electron chi connectivity index (χ3n) is 3.73. The van der Waals surface area contributed by atoms with E-state index in [2.05, 4.69) is 47.2 Å². The molecule has 1 saturated heterocycles. The highest BCUT2D eigenvalue weighted by molar-refractivity contribution is 5.69. The molecule has 4 nitrogen and oxygen atoms in total. The third-order valence-corrected chi connectivity index (χ3v) is 3.73. The first-order chi connectivity index (χ1) is 12.2. The molecule has 0 saturated carbocycles.